The highest BCUT2D eigenvalue weighted by Gasteiger charge is 2.41. The lowest BCUT2D eigenvalue weighted by Gasteiger charge is -2.14. The maximum Gasteiger partial charge on any atom is 0.251 e. The van der Waals surface area contributed by atoms with Crippen molar-refractivity contribution >= 4 is 23.4 Å². The Hall–Kier alpha value is -1.16. The van der Waals surface area contributed by atoms with Crippen LogP contribution in [0.4, 0.5) is 5.69 Å². The number of hydrogen-bond acceptors (Lipinski definition) is 3. The summed E-state index contributed by atoms with van der Waals surface area (Å²) in [6, 6.07) is 5.39. The standard InChI is InChI=1S/C13H18N2OS/c1-9-7-10(14)3-4-11(9)12(16)15-8-13(17-2)5-6-13/h3-4,7H,5-6,8,14H2,1-2H3,(H,15,16). The molecule has 0 radical (unpaired) electrons. The van der Waals surface area contributed by atoms with Gasteiger partial charge in [-0.15, -0.1) is 0 Å². The van der Waals surface area contributed by atoms with Gasteiger partial charge in [0.05, 0.1) is 0 Å². The van der Waals surface area contributed by atoms with Gasteiger partial charge in [0.1, 0.15) is 0 Å². The summed E-state index contributed by atoms with van der Waals surface area (Å²) in [6.07, 6.45) is 4.51. The molecule has 92 valence electrons. The molecule has 4 heteroatoms. The minimum Gasteiger partial charge on any atom is -0.399 e. The van der Waals surface area contributed by atoms with Gasteiger partial charge in [0.15, 0.2) is 0 Å². The summed E-state index contributed by atoms with van der Waals surface area (Å²) in [6.45, 7) is 2.67. The number of rotatable bonds is 4. The Morgan fingerprint density at radius 1 is 1.53 bits per heavy atom. The Kier molecular flexibility index (Phi) is 3.33. The zero-order chi connectivity index (χ0) is 12.5. The van der Waals surface area contributed by atoms with Crippen LogP contribution in [0.1, 0.15) is 28.8 Å². The smallest absolute Gasteiger partial charge is 0.251 e. The van der Waals surface area contributed by atoms with Crippen LogP contribution in [0, 0.1) is 6.92 Å². The number of nitrogen functional groups attached to an aromatic ring is 1. The number of amides is 1. The van der Waals surface area contributed by atoms with Crippen LogP contribution >= 0.6 is 11.8 Å². The minimum atomic E-state index is 0.00262. The van der Waals surface area contributed by atoms with Gasteiger partial charge in [-0.1, -0.05) is 0 Å². The second-order valence-corrected chi connectivity index (χ2v) is 5.92. The zero-order valence-corrected chi connectivity index (χ0v) is 11.1. The fraction of sp³-hybridized carbons (Fsp3) is 0.462. The molecule has 0 atom stereocenters. The van der Waals surface area contributed by atoms with Crippen molar-refractivity contribution in [1.82, 2.24) is 5.32 Å². The summed E-state index contributed by atoms with van der Waals surface area (Å²) >= 11 is 1.85. The average Bonchev–Trinajstić information content (AvgIpc) is 3.07. The van der Waals surface area contributed by atoms with E-state index in [0.717, 1.165) is 17.7 Å². The molecule has 3 N–H and O–H groups in total. The molecular weight excluding hydrogens is 232 g/mol. The van der Waals surface area contributed by atoms with Crippen molar-refractivity contribution in [2.24, 2.45) is 0 Å². The number of carbonyl (C=O) groups excluding carboxylic acids is 1. The first-order valence-electron chi connectivity index (χ1n) is 5.76. The Balaban J connectivity index is 2.00. The van der Waals surface area contributed by atoms with Crippen LogP contribution < -0.4 is 11.1 Å². The molecule has 0 spiro atoms. The number of aryl methyl sites for hydroxylation is 1. The fourth-order valence-corrected chi connectivity index (χ4v) is 2.60. The van der Waals surface area contributed by atoms with E-state index in [9.17, 15) is 4.79 Å². The molecule has 1 aliphatic carbocycles. The molecule has 3 nitrogen and oxygen atoms in total. The van der Waals surface area contributed by atoms with Crippen LogP contribution in [0.25, 0.3) is 0 Å². The molecule has 0 unspecified atom stereocenters. The van der Waals surface area contributed by atoms with Gasteiger partial charge in [-0.05, 0) is 49.8 Å². The number of nitrogens with one attached hydrogen (secondary N) is 1. The van der Waals surface area contributed by atoms with Gasteiger partial charge < -0.3 is 11.1 Å². The SMILES string of the molecule is CSC1(CNC(=O)c2ccc(N)cc2C)CC1. The lowest BCUT2D eigenvalue weighted by Crippen LogP contribution is -2.32. The summed E-state index contributed by atoms with van der Waals surface area (Å²) < 4.78 is 0.303. The van der Waals surface area contributed by atoms with Gasteiger partial charge in [-0.25, -0.2) is 0 Å². The molecule has 0 aromatic heterocycles. The summed E-state index contributed by atoms with van der Waals surface area (Å²) in [4.78, 5) is 12.0. The third-order valence-corrected chi connectivity index (χ3v) is 4.73. The average molecular weight is 250 g/mol. The van der Waals surface area contributed by atoms with Crippen molar-refractivity contribution < 1.29 is 4.79 Å². The summed E-state index contributed by atoms with van der Waals surface area (Å²) in [5.41, 5.74) is 8.01. The van der Waals surface area contributed by atoms with Crippen LogP contribution in [0.2, 0.25) is 0 Å². The van der Waals surface area contributed by atoms with Crippen LogP contribution in [-0.4, -0.2) is 23.5 Å². The highest BCUT2D eigenvalue weighted by Crippen LogP contribution is 2.46. The first-order chi connectivity index (χ1) is 8.06. The molecule has 17 heavy (non-hydrogen) atoms. The molecule has 1 aromatic carbocycles. The van der Waals surface area contributed by atoms with Gasteiger partial charge in [0, 0.05) is 22.5 Å². The molecule has 1 saturated carbocycles. The second kappa shape index (κ2) is 4.61. The van der Waals surface area contributed by atoms with E-state index in [-0.39, 0.29) is 5.91 Å². The van der Waals surface area contributed by atoms with Crippen LogP contribution in [0.5, 0.6) is 0 Å². The van der Waals surface area contributed by atoms with E-state index in [4.69, 9.17) is 5.73 Å². The molecule has 0 saturated heterocycles. The molecule has 0 heterocycles. The summed E-state index contributed by atoms with van der Waals surface area (Å²) in [7, 11) is 0. The number of nitrogens with two attached hydrogens (primary N) is 1. The Morgan fingerprint density at radius 3 is 2.76 bits per heavy atom. The quantitative estimate of drug-likeness (QED) is 0.806. The lowest BCUT2D eigenvalue weighted by molar-refractivity contribution is 0.0952. The highest BCUT2D eigenvalue weighted by molar-refractivity contribution is 8.00. The van der Waals surface area contributed by atoms with E-state index in [1.54, 1.807) is 12.1 Å². The number of hydrogen-bond donors (Lipinski definition) is 2. The Morgan fingerprint density at radius 2 is 2.24 bits per heavy atom. The largest absolute Gasteiger partial charge is 0.399 e. The van der Waals surface area contributed by atoms with E-state index < -0.39 is 0 Å². The topological polar surface area (TPSA) is 55.1 Å². The van der Waals surface area contributed by atoms with Crippen molar-refractivity contribution in [2.75, 3.05) is 18.5 Å². The molecule has 0 bridgehead atoms. The Labute approximate surface area is 106 Å². The van der Waals surface area contributed by atoms with Crippen LogP contribution in [0.3, 0.4) is 0 Å². The molecule has 1 amide bonds. The van der Waals surface area contributed by atoms with E-state index in [0.29, 0.717) is 10.4 Å². The maximum absolute atomic E-state index is 12.0. The van der Waals surface area contributed by atoms with Crippen LogP contribution in [0.15, 0.2) is 18.2 Å². The Bertz CT molecular complexity index is 441. The summed E-state index contributed by atoms with van der Waals surface area (Å²) in [5.74, 6) is 0.00262. The highest BCUT2D eigenvalue weighted by atomic mass is 32.2. The third kappa shape index (κ3) is 2.75. The monoisotopic (exact) mass is 250 g/mol. The lowest BCUT2D eigenvalue weighted by atomic mass is 10.1. The first kappa shape index (κ1) is 12.3. The third-order valence-electron chi connectivity index (χ3n) is 3.31. The summed E-state index contributed by atoms with van der Waals surface area (Å²) in [5, 5.41) is 3.01. The number of benzene rings is 1. The predicted molar refractivity (Wildman–Crippen MR) is 73.4 cm³/mol. The molecule has 2 rings (SSSR count). The fourth-order valence-electron chi connectivity index (χ4n) is 1.87. The first-order valence-corrected chi connectivity index (χ1v) is 6.98. The van der Waals surface area contributed by atoms with E-state index >= 15 is 0 Å². The van der Waals surface area contributed by atoms with Crippen LogP contribution in [-0.2, 0) is 0 Å². The van der Waals surface area contributed by atoms with Gasteiger partial charge in [0.2, 0.25) is 0 Å². The minimum absolute atomic E-state index is 0.00262. The van der Waals surface area contributed by atoms with E-state index in [1.165, 1.54) is 12.8 Å². The van der Waals surface area contributed by atoms with Crippen molar-refractivity contribution in [3.05, 3.63) is 29.3 Å². The van der Waals surface area contributed by atoms with Gasteiger partial charge in [-0.2, -0.15) is 11.8 Å². The van der Waals surface area contributed by atoms with Crippen molar-refractivity contribution in [2.45, 2.75) is 24.5 Å². The van der Waals surface area contributed by atoms with Crippen molar-refractivity contribution in [3.8, 4) is 0 Å². The maximum atomic E-state index is 12.0. The molecule has 1 fully saturated rings. The van der Waals surface area contributed by atoms with Gasteiger partial charge >= 0.3 is 0 Å². The number of carbonyl (C=O) groups is 1. The predicted octanol–water partition coefficient (Wildman–Crippen LogP) is 2.20. The zero-order valence-electron chi connectivity index (χ0n) is 10.2. The van der Waals surface area contributed by atoms with E-state index in [2.05, 4.69) is 11.6 Å². The van der Waals surface area contributed by atoms with Gasteiger partial charge in [-0.3, -0.25) is 4.79 Å². The molecule has 0 aliphatic heterocycles. The van der Waals surface area contributed by atoms with Gasteiger partial charge in [0.25, 0.3) is 5.91 Å². The van der Waals surface area contributed by atoms with Crippen molar-refractivity contribution in [3.63, 3.8) is 0 Å². The second-order valence-electron chi connectivity index (χ2n) is 4.64. The van der Waals surface area contributed by atoms with E-state index in [1.807, 2.05) is 24.8 Å². The molecular formula is C13H18N2OS. The number of thioether (sulfide) groups is 1. The normalized spacial score (nSPS) is 16.6. The molecule has 1 aliphatic rings. The molecule has 1 aromatic rings. The van der Waals surface area contributed by atoms with Crippen molar-refractivity contribution in [1.29, 1.82) is 0 Å². The number of anilines is 1.